The number of carbonyl (C=O) groups excluding carboxylic acids is 2. The molecule has 190 valence electrons. The number of sulfonamides is 1. The van der Waals surface area contributed by atoms with Gasteiger partial charge < -0.3 is 9.32 Å². The first kappa shape index (κ1) is 27.1. The minimum absolute atomic E-state index is 0.0412. The van der Waals surface area contributed by atoms with Crippen molar-refractivity contribution in [1.82, 2.24) is 14.6 Å². The summed E-state index contributed by atoms with van der Waals surface area (Å²) in [5.41, 5.74) is 2.93. The van der Waals surface area contributed by atoms with Crippen LogP contribution in [0.1, 0.15) is 30.9 Å². The van der Waals surface area contributed by atoms with Crippen molar-refractivity contribution in [3.05, 3.63) is 88.8 Å². The molecule has 0 unspecified atom stereocenters. The lowest BCUT2D eigenvalue weighted by Gasteiger charge is -2.21. The number of nitrogens with zero attached hydrogens (tertiary/aromatic N) is 3. The van der Waals surface area contributed by atoms with Gasteiger partial charge in [-0.1, -0.05) is 41.9 Å². The predicted molar refractivity (Wildman–Crippen MR) is 137 cm³/mol. The first-order chi connectivity index (χ1) is 17.2. The molecule has 0 fully saturated rings. The van der Waals surface area contributed by atoms with Gasteiger partial charge >= 0.3 is 11.8 Å². The quantitative estimate of drug-likeness (QED) is 0.244. The molecule has 0 saturated carbocycles. The maximum absolute atomic E-state index is 13.4. The lowest BCUT2D eigenvalue weighted by molar-refractivity contribution is -0.145. The van der Waals surface area contributed by atoms with Gasteiger partial charge in [-0.25, -0.2) is 13.8 Å². The van der Waals surface area contributed by atoms with Crippen LogP contribution in [0.4, 0.5) is 0 Å². The van der Waals surface area contributed by atoms with Crippen LogP contribution in [0, 0.1) is 0 Å². The Labute approximate surface area is 215 Å². The van der Waals surface area contributed by atoms with Crippen molar-refractivity contribution in [1.29, 1.82) is 0 Å². The highest BCUT2D eigenvalue weighted by Gasteiger charge is 2.26. The Morgan fingerprint density at radius 3 is 2.28 bits per heavy atom. The monoisotopic (exact) mass is 530 g/mol. The van der Waals surface area contributed by atoms with Crippen LogP contribution in [0.5, 0.6) is 0 Å². The van der Waals surface area contributed by atoms with Gasteiger partial charge in [0.1, 0.15) is 11.5 Å². The number of hydrogen-bond acceptors (Lipinski definition) is 6. The normalized spacial score (nSPS) is 11.7. The summed E-state index contributed by atoms with van der Waals surface area (Å²) in [5.74, 6) is -0.884. The Morgan fingerprint density at radius 1 is 0.972 bits per heavy atom. The van der Waals surface area contributed by atoms with Crippen LogP contribution in [0.2, 0.25) is 5.02 Å². The number of rotatable bonds is 10. The van der Waals surface area contributed by atoms with Crippen molar-refractivity contribution in [2.45, 2.75) is 31.8 Å². The van der Waals surface area contributed by atoms with Crippen LogP contribution < -0.4 is 5.43 Å². The third-order valence-corrected chi connectivity index (χ3v) is 7.33. The van der Waals surface area contributed by atoms with Crippen molar-refractivity contribution >= 4 is 39.7 Å². The van der Waals surface area contributed by atoms with E-state index < -0.39 is 21.8 Å². The molecule has 0 atom stereocenters. The van der Waals surface area contributed by atoms with E-state index in [1.165, 1.54) is 27.6 Å². The highest BCUT2D eigenvalue weighted by molar-refractivity contribution is 7.89. The van der Waals surface area contributed by atoms with Crippen LogP contribution in [-0.4, -0.2) is 48.7 Å². The van der Waals surface area contributed by atoms with E-state index in [9.17, 15) is 18.0 Å². The fraction of sp³-hybridized carbons (Fsp3) is 0.240. The zero-order valence-corrected chi connectivity index (χ0v) is 21.5. The molecule has 0 saturated heterocycles. The summed E-state index contributed by atoms with van der Waals surface area (Å²) in [5, 5.41) is 4.32. The second kappa shape index (κ2) is 12.5. The molecule has 0 spiro atoms. The SMILES string of the molecule is CCN(CC)C(=O)C(=O)N/N=C/c1ccc(CN(Cc2ccc(Cl)cc2)S(=O)(=O)c2ccccc2)o1. The second-order valence-electron chi connectivity index (χ2n) is 7.69. The van der Waals surface area contributed by atoms with Crippen molar-refractivity contribution in [3.8, 4) is 0 Å². The molecule has 11 heteroatoms. The summed E-state index contributed by atoms with van der Waals surface area (Å²) in [6, 6.07) is 18.3. The predicted octanol–water partition coefficient (Wildman–Crippen LogP) is 3.64. The molecule has 3 aromatic rings. The number of hydrazone groups is 1. The molecular weight excluding hydrogens is 504 g/mol. The van der Waals surface area contributed by atoms with Crippen molar-refractivity contribution in [3.63, 3.8) is 0 Å². The van der Waals surface area contributed by atoms with Crippen LogP contribution in [0.3, 0.4) is 0 Å². The van der Waals surface area contributed by atoms with Gasteiger partial charge in [0.25, 0.3) is 0 Å². The molecule has 0 radical (unpaired) electrons. The first-order valence-electron chi connectivity index (χ1n) is 11.2. The summed E-state index contributed by atoms with van der Waals surface area (Å²) in [6.45, 7) is 4.43. The number of nitrogens with one attached hydrogen (secondary N) is 1. The van der Waals surface area contributed by atoms with Gasteiger partial charge in [0, 0.05) is 24.7 Å². The smallest absolute Gasteiger partial charge is 0.329 e. The number of hydrogen-bond donors (Lipinski definition) is 1. The molecule has 2 aromatic carbocycles. The standard InChI is InChI=1S/C25H27ClN4O5S/c1-3-29(4-2)25(32)24(31)28-27-16-21-14-15-22(35-21)18-30(17-19-10-12-20(26)13-11-19)36(33,34)23-8-6-5-7-9-23/h5-16H,3-4,17-18H2,1-2H3,(H,28,31)/b27-16+. The van der Waals surface area contributed by atoms with Gasteiger partial charge in [-0.15, -0.1) is 0 Å². The van der Waals surface area contributed by atoms with Crippen molar-refractivity contribution in [2.24, 2.45) is 5.10 Å². The molecule has 3 rings (SSSR count). The van der Waals surface area contributed by atoms with Crippen molar-refractivity contribution < 1.29 is 22.4 Å². The molecule has 2 amide bonds. The third kappa shape index (κ3) is 7.03. The van der Waals surface area contributed by atoms with Crippen molar-refractivity contribution in [2.75, 3.05) is 13.1 Å². The summed E-state index contributed by atoms with van der Waals surface area (Å²) in [6.07, 6.45) is 1.24. The van der Waals surface area contributed by atoms with Crippen LogP contribution in [0.15, 0.2) is 81.1 Å². The van der Waals surface area contributed by atoms with Gasteiger partial charge in [0.2, 0.25) is 10.0 Å². The number of furan rings is 1. The van der Waals surface area contributed by atoms with E-state index in [-0.39, 0.29) is 23.7 Å². The number of halogens is 1. The van der Waals surface area contributed by atoms with Gasteiger partial charge in [0.15, 0.2) is 0 Å². The number of amides is 2. The Balaban J connectivity index is 1.75. The second-order valence-corrected chi connectivity index (χ2v) is 10.1. The van der Waals surface area contributed by atoms with E-state index >= 15 is 0 Å². The van der Waals surface area contributed by atoms with Gasteiger partial charge in [0.05, 0.1) is 17.7 Å². The summed E-state index contributed by atoms with van der Waals surface area (Å²) in [4.78, 5) is 25.5. The van der Waals surface area contributed by atoms with Crippen LogP contribution in [-0.2, 0) is 32.7 Å². The molecule has 9 nitrogen and oxygen atoms in total. The zero-order chi connectivity index (χ0) is 26.1. The topological polar surface area (TPSA) is 112 Å². The molecule has 0 aliphatic rings. The third-order valence-electron chi connectivity index (χ3n) is 5.27. The van der Waals surface area contributed by atoms with E-state index in [0.29, 0.717) is 23.9 Å². The highest BCUT2D eigenvalue weighted by Crippen LogP contribution is 2.22. The average Bonchev–Trinajstić information content (AvgIpc) is 3.33. The fourth-order valence-electron chi connectivity index (χ4n) is 3.34. The Hall–Kier alpha value is -3.47. The van der Waals surface area contributed by atoms with E-state index in [1.807, 2.05) is 0 Å². The minimum Gasteiger partial charge on any atom is -0.459 e. The van der Waals surface area contributed by atoms with Gasteiger partial charge in [-0.2, -0.15) is 9.41 Å². The minimum atomic E-state index is -3.84. The zero-order valence-electron chi connectivity index (χ0n) is 19.9. The molecular formula is C25H27ClN4O5S. The van der Waals surface area contributed by atoms with E-state index in [1.54, 1.807) is 68.4 Å². The number of likely N-dealkylation sites (N-methyl/N-ethyl adjacent to an activating group) is 1. The number of benzene rings is 2. The Bertz CT molecular complexity index is 1300. The maximum atomic E-state index is 13.4. The molecule has 0 aliphatic heterocycles. The molecule has 1 heterocycles. The summed E-state index contributed by atoms with van der Waals surface area (Å²) < 4.78 is 33.8. The Morgan fingerprint density at radius 2 is 1.64 bits per heavy atom. The van der Waals surface area contributed by atoms with E-state index in [2.05, 4.69) is 10.5 Å². The Kier molecular flexibility index (Phi) is 9.40. The lowest BCUT2D eigenvalue weighted by atomic mass is 10.2. The summed E-state index contributed by atoms with van der Waals surface area (Å²) in [7, 11) is -3.84. The maximum Gasteiger partial charge on any atom is 0.329 e. The molecule has 36 heavy (non-hydrogen) atoms. The fourth-order valence-corrected chi connectivity index (χ4v) is 4.88. The number of carbonyl (C=O) groups is 2. The van der Waals surface area contributed by atoms with Crippen LogP contribution >= 0.6 is 11.6 Å². The van der Waals surface area contributed by atoms with Crippen LogP contribution in [0.25, 0.3) is 0 Å². The molecule has 1 aromatic heterocycles. The molecule has 0 bridgehead atoms. The largest absolute Gasteiger partial charge is 0.459 e. The lowest BCUT2D eigenvalue weighted by Crippen LogP contribution is -2.41. The first-order valence-corrected chi connectivity index (χ1v) is 13.1. The van der Waals surface area contributed by atoms with E-state index in [4.69, 9.17) is 16.0 Å². The van der Waals surface area contributed by atoms with E-state index in [0.717, 1.165) is 5.56 Å². The molecule has 0 aliphatic carbocycles. The molecule has 1 N–H and O–H groups in total. The summed E-state index contributed by atoms with van der Waals surface area (Å²) >= 11 is 5.97. The van der Waals surface area contributed by atoms with Gasteiger partial charge in [-0.3, -0.25) is 9.59 Å². The average molecular weight is 531 g/mol. The highest BCUT2D eigenvalue weighted by atomic mass is 35.5. The van der Waals surface area contributed by atoms with Gasteiger partial charge in [-0.05, 0) is 55.8 Å².